The van der Waals surface area contributed by atoms with Gasteiger partial charge >= 0.3 is 56.6 Å². The molecule has 0 fully saturated rings. The number of carboxylic acids is 1. The number of aliphatic carboxylic acids is 1. The molecular formula is C7H4F2KNO4S. The van der Waals surface area contributed by atoms with Crippen LogP contribution in [-0.4, -0.2) is 24.6 Å². The number of hydrogen-bond donors (Lipinski definition) is 0. The minimum atomic E-state index is -5.34. The molecule has 1 rings (SSSR count). The Hall–Kier alpha value is 0.0664. The van der Waals surface area contributed by atoms with Crippen molar-refractivity contribution >= 4 is 15.8 Å². The summed E-state index contributed by atoms with van der Waals surface area (Å²) >= 11 is 0. The van der Waals surface area contributed by atoms with Crippen molar-refractivity contribution in [1.82, 2.24) is 4.98 Å². The average Bonchev–Trinajstić information content (AvgIpc) is 2.18. The molecule has 0 saturated carbocycles. The maximum atomic E-state index is 12.7. The Morgan fingerprint density at radius 3 is 2.31 bits per heavy atom. The van der Waals surface area contributed by atoms with E-state index in [9.17, 15) is 27.1 Å². The Balaban J connectivity index is 0.00000225. The number of nitrogens with zero attached hydrogens (tertiary/aromatic N) is 1. The molecule has 82 valence electrons. The molecule has 1 heterocycles. The maximum absolute atomic E-state index is 12.7. The number of sulfone groups is 1. The fraction of sp³-hybridized carbons (Fsp3) is 0.143. The van der Waals surface area contributed by atoms with Gasteiger partial charge in [0.2, 0.25) is 0 Å². The Kier molecular flexibility index (Phi) is 5.63. The zero-order valence-corrected chi connectivity index (χ0v) is 12.0. The molecule has 16 heavy (non-hydrogen) atoms. The zero-order valence-electron chi connectivity index (χ0n) is 8.05. The molecule has 0 bridgehead atoms. The molecule has 0 aromatic carbocycles. The van der Waals surface area contributed by atoms with Gasteiger partial charge in [-0.2, -0.15) is 8.78 Å². The van der Waals surface area contributed by atoms with Crippen LogP contribution in [-0.2, 0) is 14.6 Å². The molecule has 9 heteroatoms. The van der Waals surface area contributed by atoms with Crippen molar-refractivity contribution in [3.63, 3.8) is 0 Å². The topological polar surface area (TPSA) is 87.2 Å². The average molecular weight is 275 g/mol. The Labute approximate surface area is 132 Å². The van der Waals surface area contributed by atoms with Gasteiger partial charge in [0.05, 0.1) is 0 Å². The van der Waals surface area contributed by atoms with E-state index < -0.39 is 26.1 Å². The van der Waals surface area contributed by atoms with Crippen LogP contribution in [0.5, 0.6) is 0 Å². The number of carbonyl (C=O) groups is 1. The minimum Gasteiger partial charge on any atom is -0.543 e. The number of pyridine rings is 1. The van der Waals surface area contributed by atoms with Crippen LogP contribution in [0.1, 0.15) is 0 Å². The van der Waals surface area contributed by atoms with E-state index in [-0.39, 0.29) is 51.4 Å². The summed E-state index contributed by atoms with van der Waals surface area (Å²) < 4.78 is 47.6. The first-order chi connectivity index (χ1) is 6.80. The van der Waals surface area contributed by atoms with Crippen molar-refractivity contribution < 1.29 is 78.5 Å². The number of alkyl halides is 2. The summed E-state index contributed by atoms with van der Waals surface area (Å²) in [6.45, 7) is 0. The summed E-state index contributed by atoms with van der Waals surface area (Å²) in [5, 5.41) is 3.97. The van der Waals surface area contributed by atoms with Gasteiger partial charge in [0, 0.05) is 6.20 Å². The van der Waals surface area contributed by atoms with Gasteiger partial charge in [-0.1, -0.05) is 6.07 Å². The van der Waals surface area contributed by atoms with Crippen molar-refractivity contribution in [1.29, 1.82) is 0 Å². The molecule has 0 N–H and O–H groups in total. The number of carboxylic acid groups (broad SMARTS) is 1. The van der Waals surface area contributed by atoms with Crippen LogP contribution in [0.2, 0.25) is 0 Å². The largest absolute Gasteiger partial charge is 1.00 e. The van der Waals surface area contributed by atoms with Crippen molar-refractivity contribution in [2.75, 3.05) is 0 Å². The second-order valence-corrected chi connectivity index (χ2v) is 4.41. The monoisotopic (exact) mass is 275 g/mol. The standard InChI is InChI=1S/C7H5F2NO4S.K/c8-7(9,6(11)12)15(13,14)5-3-1-2-4-10-5;/h1-4H,(H,11,12);/q;+1/p-1. The first-order valence-corrected chi connectivity index (χ1v) is 5.03. The molecule has 0 aliphatic heterocycles. The normalized spacial score (nSPS) is 11.6. The van der Waals surface area contributed by atoms with Gasteiger partial charge in [-0.3, -0.25) is 0 Å². The van der Waals surface area contributed by atoms with Crippen LogP contribution in [0, 0.1) is 0 Å². The summed E-state index contributed by atoms with van der Waals surface area (Å²) in [5.41, 5.74) is 0. The van der Waals surface area contributed by atoms with Crippen LogP contribution < -0.4 is 56.5 Å². The second kappa shape index (κ2) is 5.60. The Bertz CT molecular complexity index is 476. The van der Waals surface area contributed by atoms with Crippen molar-refractivity contribution in [2.24, 2.45) is 0 Å². The summed E-state index contributed by atoms with van der Waals surface area (Å²) in [4.78, 5) is 13.1. The molecule has 5 nitrogen and oxygen atoms in total. The van der Waals surface area contributed by atoms with E-state index in [1.165, 1.54) is 6.07 Å². The minimum absolute atomic E-state index is 0. The van der Waals surface area contributed by atoms with Crippen LogP contribution in [0.3, 0.4) is 0 Å². The van der Waals surface area contributed by atoms with Crippen molar-refractivity contribution in [3.05, 3.63) is 24.4 Å². The van der Waals surface area contributed by atoms with E-state index in [2.05, 4.69) is 4.98 Å². The van der Waals surface area contributed by atoms with E-state index in [1.54, 1.807) is 0 Å². The summed E-state index contributed by atoms with van der Waals surface area (Å²) in [7, 11) is -5.34. The predicted molar refractivity (Wildman–Crippen MR) is 41.4 cm³/mol. The summed E-state index contributed by atoms with van der Waals surface area (Å²) in [5.74, 6) is -2.98. The molecule has 0 unspecified atom stereocenters. The first-order valence-electron chi connectivity index (χ1n) is 3.55. The number of carbonyl (C=O) groups excluding carboxylic acids is 1. The van der Waals surface area contributed by atoms with Gasteiger partial charge in [0.25, 0.3) is 9.84 Å². The fourth-order valence-electron chi connectivity index (χ4n) is 0.747. The smallest absolute Gasteiger partial charge is 0.543 e. The molecule has 0 radical (unpaired) electrons. The summed E-state index contributed by atoms with van der Waals surface area (Å²) in [6, 6.07) is 3.22. The third-order valence-corrected chi connectivity index (χ3v) is 3.12. The van der Waals surface area contributed by atoms with Crippen molar-refractivity contribution in [3.8, 4) is 0 Å². The van der Waals surface area contributed by atoms with Crippen LogP contribution >= 0.6 is 0 Å². The maximum Gasteiger partial charge on any atom is 1.00 e. The Morgan fingerprint density at radius 1 is 1.38 bits per heavy atom. The van der Waals surface area contributed by atoms with Crippen molar-refractivity contribution in [2.45, 2.75) is 10.3 Å². The zero-order chi connectivity index (χ0) is 11.7. The third-order valence-electron chi connectivity index (χ3n) is 1.49. The second-order valence-electron chi connectivity index (χ2n) is 2.48. The van der Waals surface area contributed by atoms with E-state index in [0.29, 0.717) is 0 Å². The molecule has 0 amide bonds. The summed E-state index contributed by atoms with van der Waals surface area (Å²) in [6.07, 6.45) is 0.957. The molecule has 0 spiro atoms. The van der Waals surface area contributed by atoms with Gasteiger partial charge in [-0.25, -0.2) is 13.4 Å². The predicted octanol–water partition coefficient (Wildman–Crippen LogP) is -3.80. The van der Waals surface area contributed by atoms with E-state index in [1.807, 2.05) is 0 Å². The van der Waals surface area contributed by atoms with Crippen LogP contribution in [0.4, 0.5) is 8.78 Å². The SMILES string of the molecule is O=C([O-])C(F)(F)S(=O)(=O)c1ccccn1.[K+]. The van der Waals surface area contributed by atoms with Gasteiger partial charge in [-0.05, 0) is 12.1 Å². The van der Waals surface area contributed by atoms with Gasteiger partial charge < -0.3 is 9.90 Å². The quantitative estimate of drug-likeness (QED) is 0.528. The van der Waals surface area contributed by atoms with E-state index in [0.717, 1.165) is 18.3 Å². The number of rotatable bonds is 3. The molecule has 0 aliphatic carbocycles. The first kappa shape index (κ1) is 16.1. The number of aromatic nitrogens is 1. The molecule has 0 saturated heterocycles. The van der Waals surface area contributed by atoms with E-state index >= 15 is 0 Å². The van der Waals surface area contributed by atoms with Crippen LogP contribution in [0.15, 0.2) is 29.4 Å². The molecule has 0 aliphatic rings. The number of hydrogen-bond acceptors (Lipinski definition) is 5. The number of halogens is 2. The molecule has 1 aromatic heterocycles. The third kappa shape index (κ3) is 2.84. The van der Waals surface area contributed by atoms with Gasteiger partial charge in [0.1, 0.15) is 5.97 Å². The molecule has 0 atom stereocenters. The van der Waals surface area contributed by atoms with Gasteiger partial charge in [-0.15, -0.1) is 0 Å². The Morgan fingerprint density at radius 2 is 1.94 bits per heavy atom. The molecular weight excluding hydrogens is 271 g/mol. The fourth-order valence-corrected chi connectivity index (χ4v) is 1.69. The van der Waals surface area contributed by atoms with E-state index in [4.69, 9.17) is 0 Å². The van der Waals surface area contributed by atoms with Crippen LogP contribution in [0.25, 0.3) is 0 Å². The van der Waals surface area contributed by atoms with Gasteiger partial charge in [0.15, 0.2) is 5.03 Å². The molecule has 1 aromatic rings.